The molecule has 8 heteroatoms. The van der Waals surface area contributed by atoms with E-state index in [0.717, 1.165) is 12.8 Å². The van der Waals surface area contributed by atoms with E-state index in [2.05, 4.69) is 10.0 Å². The van der Waals surface area contributed by atoms with E-state index in [1.807, 2.05) is 6.92 Å². The lowest BCUT2D eigenvalue weighted by Gasteiger charge is -2.16. The minimum atomic E-state index is -3.35. The van der Waals surface area contributed by atoms with E-state index in [1.165, 1.54) is 0 Å². The van der Waals surface area contributed by atoms with E-state index in [1.54, 1.807) is 25.1 Å². The minimum absolute atomic E-state index is 0. The number of rotatable bonds is 6. The maximum atomic E-state index is 12.3. The van der Waals surface area contributed by atoms with Crippen LogP contribution in [-0.4, -0.2) is 26.1 Å². The zero-order chi connectivity index (χ0) is 17.0. The number of nitrogens with two attached hydrogens (primary N) is 1. The molecule has 0 bridgehead atoms. The summed E-state index contributed by atoms with van der Waals surface area (Å²) in [6.07, 6.45) is 2.92. The summed E-state index contributed by atoms with van der Waals surface area (Å²) in [6.45, 7) is 3.61. The predicted molar refractivity (Wildman–Crippen MR) is 100 cm³/mol. The average Bonchev–Trinajstić information content (AvgIpc) is 2.89. The van der Waals surface area contributed by atoms with Crippen LogP contribution in [0, 0.1) is 12.8 Å². The Hall–Kier alpha value is -1.31. The van der Waals surface area contributed by atoms with Crippen molar-refractivity contribution in [2.24, 2.45) is 11.7 Å². The van der Waals surface area contributed by atoms with Gasteiger partial charge in [0.1, 0.15) is 0 Å². The Kier molecular flexibility index (Phi) is 7.51. The van der Waals surface area contributed by atoms with E-state index >= 15 is 0 Å². The van der Waals surface area contributed by atoms with Crippen molar-refractivity contribution in [2.45, 2.75) is 45.6 Å². The summed E-state index contributed by atoms with van der Waals surface area (Å²) in [5.74, 6) is -0.0392. The summed E-state index contributed by atoms with van der Waals surface area (Å²) < 4.78 is 26.4. The molecule has 2 atom stereocenters. The first kappa shape index (κ1) is 20.7. The van der Waals surface area contributed by atoms with Crippen LogP contribution in [0.5, 0.6) is 0 Å². The van der Waals surface area contributed by atoms with Crippen LogP contribution < -0.4 is 15.8 Å². The Bertz CT molecular complexity index is 679. The smallest absolute Gasteiger partial charge is 0.232 e. The molecule has 1 aromatic rings. The summed E-state index contributed by atoms with van der Waals surface area (Å²) in [4.78, 5) is 12.3. The monoisotopic (exact) mass is 375 g/mol. The van der Waals surface area contributed by atoms with Gasteiger partial charge in [0.25, 0.3) is 0 Å². The molecule has 1 saturated carbocycles. The fraction of sp³-hybridized carbons (Fsp3) is 0.562. The molecule has 0 spiro atoms. The first-order valence-corrected chi connectivity index (χ1v) is 9.64. The maximum Gasteiger partial charge on any atom is 0.232 e. The second kappa shape index (κ2) is 8.69. The van der Waals surface area contributed by atoms with Crippen LogP contribution in [0.1, 0.15) is 38.2 Å². The van der Waals surface area contributed by atoms with Gasteiger partial charge in [-0.15, -0.1) is 12.4 Å². The zero-order valence-corrected chi connectivity index (χ0v) is 15.7. The maximum absolute atomic E-state index is 12.3. The molecule has 1 aliphatic carbocycles. The van der Waals surface area contributed by atoms with E-state index in [4.69, 9.17) is 5.73 Å². The first-order valence-electron chi connectivity index (χ1n) is 7.99. The quantitative estimate of drug-likeness (QED) is 0.711. The number of halogens is 1. The van der Waals surface area contributed by atoms with Gasteiger partial charge in [0.15, 0.2) is 0 Å². The van der Waals surface area contributed by atoms with E-state index in [0.29, 0.717) is 29.8 Å². The van der Waals surface area contributed by atoms with Gasteiger partial charge in [0.2, 0.25) is 15.9 Å². The fourth-order valence-electron chi connectivity index (χ4n) is 2.86. The van der Waals surface area contributed by atoms with Gasteiger partial charge in [-0.1, -0.05) is 13.0 Å². The fourth-order valence-corrected chi connectivity index (χ4v) is 4.05. The topological polar surface area (TPSA) is 101 Å². The zero-order valence-electron chi connectivity index (χ0n) is 14.0. The third-order valence-electron chi connectivity index (χ3n) is 4.17. The summed E-state index contributed by atoms with van der Waals surface area (Å²) in [5.41, 5.74) is 7.69. The Balaban J connectivity index is 0.00000288. The third-order valence-corrected chi connectivity index (χ3v) is 5.65. The molecule has 1 amide bonds. The molecule has 2 rings (SSSR count). The van der Waals surface area contributed by atoms with Crippen LogP contribution in [0.15, 0.2) is 18.2 Å². The molecule has 0 saturated heterocycles. The Morgan fingerprint density at radius 1 is 1.29 bits per heavy atom. The van der Waals surface area contributed by atoms with Gasteiger partial charge in [-0.2, -0.15) is 0 Å². The van der Waals surface area contributed by atoms with Crippen molar-refractivity contribution in [2.75, 3.05) is 15.8 Å². The minimum Gasteiger partial charge on any atom is -0.328 e. The number of amides is 1. The highest BCUT2D eigenvalue weighted by Crippen LogP contribution is 2.28. The van der Waals surface area contributed by atoms with Gasteiger partial charge in [-0.25, -0.2) is 8.42 Å². The number of sulfonamides is 1. The van der Waals surface area contributed by atoms with Crippen LogP contribution in [0.3, 0.4) is 0 Å². The van der Waals surface area contributed by atoms with Gasteiger partial charge in [-0.3, -0.25) is 9.52 Å². The van der Waals surface area contributed by atoms with Crippen molar-refractivity contribution >= 4 is 39.7 Å². The number of nitrogens with one attached hydrogen (secondary N) is 2. The molecule has 1 fully saturated rings. The Labute approximate surface area is 150 Å². The highest BCUT2D eigenvalue weighted by Gasteiger charge is 2.28. The number of anilines is 2. The molecule has 1 aliphatic rings. The van der Waals surface area contributed by atoms with Crippen molar-refractivity contribution in [1.29, 1.82) is 0 Å². The summed E-state index contributed by atoms with van der Waals surface area (Å²) in [5, 5.41) is 2.90. The molecular formula is C16H26ClN3O3S. The lowest BCUT2D eigenvalue weighted by atomic mass is 10.1. The van der Waals surface area contributed by atoms with Crippen LogP contribution in [0.4, 0.5) is 11.4 Å². The summed E-state index contributed by atoms with van der Waals surface area (Å²) in [7, 11) is -3.35. The molecule has 0 radical (unpaired) electrons. The van der Waals surface area contributed by atoms with E-state index in [9.17, 15) is 13.2 Å². The van der Waals surface area contributed by atoms with E-state index < -0.39 is 10.0 Å². The largest absolute Gasteiger partial charge is 0.328 e. The second-order valence-electron chi connectivity index (χ2n) is 6.16. The summed E-state index contributed by atoms with van der Waals surface area (Å²) >= 11 is 0. The Morgan fingerprint density at radius 2 is 1.96 bits per heavy atom. The molecule has 0 heterocycles. The van der Waals surface area contributed by atoms with Gasteiger partial charge < -0.3 is 11.1 Å². The van der Waals surface area contributed by atoms with Crippen LogP contribution in [0.2, 0.25) is 0 Å². The van der Waals surface area contributed by atoms with Crippen LogP contribution in [0.25, 0.3) is 0 Å². The highest BCUT2D eigenvalue weighted by atomic mass is 35.5. The number of benzene rings is 1. The van der Waals surface area contributed by atoms with Crippen LogP contribution >= 0.6 is 12.4 Å². The van der Waals surface area contributed by atoms with Crippen molar-refractivity contribution < 1.29 is 13.2 Å². The molecule has 2 unspecified atom stereocenters. The number of hydrogen-bond donors (Lipinski definition) is 3. The number of hydrogen-bond acceptors (Lipinski definition) is 4. The SMILES string of the molecule is CCCS(=O)(=O)Nc1cccc(NC(=O)C2CCC(N)C2)c1C.Cl. The molecule has 24 heavy (non-hydrogen) atoms. The second-order valence-corrected chi connectivity index (χ2v) is 8.00. The van der Waals surface area contributed by atoms with Crippen molar-refractivity contribution in [3.63, 3.8) is 0 Å². The standard InChI is InChI=1S/C16H25N3O3S.ClH/c1-3-9-23(21,22)19-15-6-4-5-14(11(15)2)18-16(20)12-7-8-13(17)10-12;/h4-6,12-13,19H,3,7-10,17H2,1-2H3,(H,18,20);1H. The predicted octanol–water partition coefficient (Wildman–Crippen LogP) is 2.63. The Morgan fingerprint density at radius 3 is 2.54 bits per heavy atom. The average molecular weight is 376 g/mol. The molecular weight excluding hydrogens is 350 g/mol. The molecule has 0 aliphatic heterocycles. The molecule has 0 aromatic heterocycles. The van der Waals surface area contributed by atoms with Crippen molar-refractivity contribution in [3.8, 4) is 0 Å². The molecule has 4 N–H and O–H groups in total. The molecule has 1 aromatic carbocycles. The van der Waals surface area contributed by atoms with Crippen LogP contribution in [-0.2, 0) is 14.8 Å². The lowest BCUT2D eigenvalue weighted by Crippen LogP contribution is -2.24. The molecule has 136 valence electrons. The number of carbonyl (C=O) groups excluding carboxylic acids is 1. The highest BCUT2D eigenvalue weighted by molar-refractivity contribution is 7.92. The van der Waals surface area contributed by atoms with Gasteiger partial charge in [0.05, 0.1) is 11.4 Å². The number of carbonyl (C=O) groups is 1. The third kappa shape index (κ3) is 5.36. The van der Waals surface area contributed by atoms with E-state index in [-0.39, 0.29) is 36.0 Å². The van der Waals surface area contributed by atoms with Gasteiger partial charge >= 0.3 is 0 Å². The normalized spacial score (nSPS) is 20.3. The van der Waals surface area contributed by atoms with Crippen molar-refractivity contribution in [3.05, 3.63) is 23.8 Å². The molecule has 6 nitrogen and oxygen atoms in total. The summed E-state index contributed by atoms with van der Waals surface area (Å²) in [6, 6.07) is 5.30. The first-order chi connectivity index (χ1) is 10.8. The van der Waals surface area contributed by atoms with Crippen molar-refractivity contribution in [1.82, 2.24) is 0 Å². The van der Waals surface area contributed by atoms with Gasteiger partial charge in [-0.05, 0) is 50.3 Å². The van der Waals surface area contributed by atoms with Gasteiger partial charge in [0, 0.05) is 17.6 Å². The lowest BCUT2D eigenvalue weighted by molar-refractivity contribution is -0.119.